The maximum Gasteiger partial charge on any atom is 0.0110 e. The summed E-state index contributed by atoms with van der Waals surface area (Å²) in [5, 5.41) is 3.79. The van der Waals surface area contributed by atoms with Gasteiger partial charge in [0.15, 0.2) is 0 Å². The van der Waals surface area contributed by atoms with E-state index < -0.39 is 0 Å². The van der Waals surface area contributed by atoms with Gasteiger partial charge in [0.05, 0.1) is 0 Å². The first-order valence-electron chi connectivity index (χ1n) is 8.97. The molecule has 1 aliphatic heterocycles. The molecule has 0 atom stereocenters. The summed E-state index contributed by atoms with van der Waals surface area (Å²) in [7, 11) is 0. The molecule has 3 heteroatoms. The molecular weight excluding hydrogens is 246 g/mol. The summed E-state index contributed by atoms with van der Waals surface area (Å²) in [4.78, 5) is 5.34. The molecule has 0 unspecified atom stereocenters. The molecule has 0 bridgehead atoms. The molecule has 0 aromatic heterocycles. The topological polar surface area (TPSA) is 18.5 Å². The van der Waals surface area contributed by atoms with Gasteiger partial charge in [0.1, 0.15) is 0 Å². The summed E-state index contributed by atoms with van der Waals surface area (Å²) in [6, 6.07) is 0.808. The molecule has 2 aliphatic carbocycles. The Morgan fingerprint density at radius 2 is 1.50 bits per heavy atom. The number of piperazine rings is 1. The number of nitrogens with one attached hydrogen (secondary N) is 1. The molecule has 1 saturated heterocycles. The lowest BCUT2D eigenvalue weighted by Crippen LogP contribution is -2.49. The highest BCUT2D eigenvalue weighted by Crippen LogP contribution is 2.29. The van der Waals surface area contributed by atoms with Gasteiger partial charge in [-0.25, -0.2) is 0 Å². The Labute approximate surface area is 125 Å². The van der Waals surface area contributed by atoms with Crippen molar-refractivity contribution >= 4 is 0 Å². The highest BCUT2D eigenvalue weighted by molar-refractivity contribution is 4.81. The first kappa shape index (κ1) is 14.8. The van der Waals surface area contributed by atoms with E-state index in [2.05, 4.69) is 22.0 Å². The molecule has 0 aromatic rings. The van der Waals surface area contributed by atoms with Crippen LogP contribution in [0.2, 0.25) is 0 Å². The SMILES string of the molecule is CC1CCC(NCCN2CCN(CC3CC3)CC2)CC1. The van der Waals surface area contributed by atoms with E-state index in [1.165, 1.54) is 84.3 Å². The predicted octanol–water partition coefficient (Wildman–Crippen LogP) is 2.18. The predicted molar refractivity (Wildman–Crippen MR) is 85.0 cm³/mol. The molecular formula is C17H33N3. The highest BCUT2D eigenvalue weighted by atomic mass is 15.3. The van der Waals surface area contributed by atoms with Crippen LogP contribution in [0.3, 0.4) is 0 Å². The van der Waals surface area contributed by atoms with Crippen LogP contribution in [0.1, 0.15) is 45.4 Å². The first-order chi connectivity index (χ1) is 9.79. The van der Waals surface area contributed by atoms with Crippen LogP contribution in [-0.2, 0) is 0 Å². The molecule has 3 nitrogen and oxygen atoms in total. The summed E-state index contributed by atoms with van der Waals surface area (Å²) in [6.45, 7) is 11.4. The second-order valence-corrected chi connectivity index (χ2v) is 7.50. The van der Waals surface area contributed by atoms with Crippen LogP contribution in [0.25, 0.3) is 0 Å². The van der Waals surface area contributed by atoms with Crippen LogP contribution in [0.4, 0.5) is 0 Å². The third-order valence-corrected chi connectivity index (χ3v) is 5.56. The monoisotopic (exact) mass is 279 g/mol. The zero-order valence-electron chi connectivity index (χ0n) is 13.3. The maximum absolute atomic E-state index is 3.79. The molecule has 3 rings (SSSR count). The summed E-state index contributed by atoms with van der Waals surface area (Å²) in [5.74, 6) is 2.02. The summed E-state index contributed by atoms with van der Waals surface area (Å²) >= 11 is 0. The van der Waals surface area contributed by atoms with Crippen LogP contribution in [0, 0.1) is 11.8 Å². The normalized spacial score (nSPS) is 33.5. The zero-order valence-corrected chi connectivity index (χ0v) is 13.3. The molecule has 0 spiro atoms. The van der Waals surface area contributed by atoms with Crippen molar-refractivity contribution in [3.8, 4) is 0 Å². The minimum atomic E-state index is 0.808. The number of hydrogen-bond donors (Lipinski definition) is 1. The second kappa shape index (κ2) is 7.24. The lowest BCUT2D eigenvalue weighted by Gasteiger charge is -2.35. The van der Waals surface area contributed by atoms with Gasteiger partial charge < -0.3 is 10.2 Å². The molecule has 20 heavy (non-hydrogen) atoms. The molecule has 116 valence electrons. The fourth-order valence-electron chi connectivity index (χ4n) is 3.75. The van der Waals surface area contributed by atoms with E-state index in [1.807, 2.05) is 0 Å². The average molecular weight is 279 g/mol. The molecule has 1 heterocycles. The van der Waals surface area contributed by atoms with Crippen molar-refractivity contribution in [2.24, 2.45) is 11.8 Å². The van der Waals surface area contributed by atoms with Crippen LogP contribution in [0.5, 0.6) is 0 Å². The fourth-order valence-corrected chi connectivity index (χ4v) is 3.75. The molecule has 3 aliphatic rings. The van der Waals surface area contributed by atoms with Gasteiger partial charge in [0, 0.05) is 51.9 Å². The van der Waals surface area contributed by atoms with Crippen molar-refractivity contribution < 1.29 is 0 Å². The Morgan fingerprint density at radius 3 is 2.15 bits per heavy atom. The van der Waals surface area contributed by atoms with Crippen molar-refractivity contribution in [1.29, 1.82) is 0 Å². The summed E-state index contributed by atoms with van der Waals surface area (Å²) in [5.41, 5.74) is 0. The minimum Gasteiger partial charge on any atom is -0.313 e. The number of hydrogen-bond acceptors (Lipinski definition) is 3. The van der Waals surface area contributed by atoms with Crippen molar-refractivity contribution in [2.45, 2.75) is 51.5 Å². The van der Waals surface area contributed by atoms with E-state index in [4.69, 9.17) is 0 Å². The van der Waals surface area contributed by atoms with Crippen LogP contribution < -0.4 is 5.32 Å². The molecule has 1 N–H and O–H groups in total. The van der Waals surface area contributed by atoms with Gasteiger partial charge in [0.2, 0.25) is 0 Å². The van der Waals surface area contributed by atoms with E-state index in [0.717, 1.165) is 17.9 Å². The lowest BCUT2D eigenvalue weighted by molar-refractivity contribution is 0.127. The Hall–Kier alpha value is -0.120. The molecule has 2 saturated carbocycles. The Bertz CT molecular complexity index is 274. The van der Waals surface area contributed by atoms with Gasteiger partial charge in [-0.15, -0.1) is 0 Å². The quantitative estimate of drug-likeness (QED) is 0.804. The van der Waals surface area contributed by atoms with Gasteiger partial charge in [-0.1, -0.05) is 6.92 Å². The number of rotatable bonds is 6. The van der Waals surface area contributed by atoms with E-state index >= 15 is 0 Å². The van der Waals surface area contributed by atoms with E-state index in [0.29, 0.717) is 0 Å². The van der Waals surface area contributed by atoms with Crippen molar-refractivity contribution in [2.75, 3.05) is 45.8 Å². The van der Waals surface area contributed by atoms with Gasteiger partial charge in [-0.2, -0.15) is 0 Å². The lowest BCUT2D eigenvalue weighted by atomic mass is 9.87. The zero-order chi connectivity index (χ0) is 13.8. The van der Waals surface area contributed by atoms with Gasteiger partial charge in [0.25, 0.3) is 0 Å². The maximum atomic E-state index is 3.79. The second-order valence-electron chi connectivity index (χ2n) is 7.50. The van der Waals surface area contributed by atoms with Crippen molar-refractivity contribution in [3.05, 3.63) is 0 Å². The number of nitrogens with zero attached hydrogens (tertiary/aromatic N) is 2. The van der Waals surface area contributed by atoms with E-state index in [9.17, 15) is 0 Å². The average Bonchev–Trinajstić information content (AvgIpc) is 3.27. The largest absolute Gasteiger partial charge is 0.313 e. The molecule has 0 amide bonds. The van der Waals surface area contributed by atoms with E-state index in [-0.39, 0.29) is 0 Å². The van der Waals surface area contributed by atoms with Gasteiger partial charge >= 0.3 is 0 Å². The smallest absolute Gasteiger partial charge is 0.0110 e. The van der Waals surface area contributed by atoms with Crippen molar-refractivity contribution in [3.63, 3.8) is 0 Å². The standard InChI is InChI=1S/C17H33N3/c1-15-2-6-17(7-3-15)18-8-9-19-10-12-20(13-11-19)14-16-4-5-16/h15-18H,2-14H2,1H3. The Kier molecular flexibility index (Phi) is 5.36. The van der Waals surface area contributed by atoms with Crippen LogP contribution >= 0.6 is 0 Å². The summed E-state index contributed by atoms with van der Waals surface area (Å²) in [6.07, 6.45) is 8.63. The third-order valence-electron chi connectivity index (χ3n) is 5.56. The highest BCUT2D eigenvalue weighted by Gasteiger charge is 2.26. The minimum absolute atomic E-state index is 0.808. The van der Waals surface area contributed by atoms with Crippen LogP contribution in [-0.4, -0.2) is 61.7 Å². The summed E-state index contributed by atoms with van der Waals surface area (Å²) < 4.78 is 0. The first-order valence-corrected chi connectivity index (χ1v) is 8.97. The molecule has 3 fully saturated rings. The third kappa shape index (κ3) is 4.71. The fraction of sp³-hybridized carbons (Fsp3) is 1.00. The van der Waals surface area contributed by atoms with Crippen LogP contribution in [0.15, 0.2) is 0 Å². The molecule has 0 radical (unpaired) electrons. The van der Waals surface area contributed by atoms with Gasteiger partial charge in [-0.3, -0.25) is 4.90 Å². The Balaban J connectivity index is 1.24. The van der Waals surface area contributed by atoms with E-state index in [1.54, 1.807) is 0 Å². The van der Waals surface area contributed by atoms with Gasteiger partial charge in [-0.05, 0) is 50.4 Å². The molecule has 0 aromatic carbocycles. The Morgan fingerprint density at radius 1 is 0.850 bits per heavy atom. The van der Waals surface area contributed by atoms with Crippen molar-refractivity contribution in [1.82, 2.24) is 15.1 Å².